The maximum atomic E-state index is 12.8. The molecular weight excluding hydrogens is 265 g/mol. The fraction of sp³-hybridized carbons (Fsp3) is 0.429. The first kappa shape index (κ1) is 15.9. The van der Waals surface area contributed by atoms with Gasteiger partial charge in [0.1, 0.15) is 18.1 Å². The third kappa shape index (κ3) is 4.22. The molecule has 0 atom stereocenters. The van der Waals surface area contributed by atoms with E-state index in [2.05, 4.69) is 0 Å². The lowest BCUT2D eigenvalue weighted by molar-refractivity contribution is -0.151. The Morgan fingerprint density at radius 2 is 1.85 bits per heavy atom. The monoisotopic (exact) mass is 283 g/mol. The van der Waals surface area contributed by atoms with Crippen LogP contribution in [0.2, 0.25) is 0 Å². The highest BCUT2D eigenvalue weighted by molar-refractivity contribution is 5.87. The number of aliphatic carboxylic acids is 1. The summed E-state index contributed by atoms with van der Waals surface area (Å²) in [4.78, 5) is 24.2. The van der Waals surface area contributed by atoms with Crippen LogP contribution in [0.5, 0.6) is 5.75 Å². The van der Waals surface area contributed by atoms with Gasteiger partial charge in [-0.25, -0.2) is 4.39 Å². The van der Waals surface area contributed by atoms with Crippen LogP contribution in [0.4, 0.5) is 4.39 Å². The molecule has 0 saturated heterocycles. The van der Waals surface area contributed by atoms with Gasteiger partial charge in [0.15, 0.2) is 5.60 Å². The van der Waals surface area contributed by atoms with Crippen LogP contribution in [0.1, 0.15) is 20.8 Å². The Labute approximate surface area is 117 Å². The quantitative estimate of drug-likeness (QED) is 0.866. The minimum Gasteiger partial charge on any atom is -0.480 e. The van der Waals surface area contributed by atoms with Crippen molar-refractivity contribution in [3.05, 3.63) is 30.1 Å². The van der Waals surface area contributed by atoms with Crippen LogP contribution >= 0.6 is 0 Å². The lowest BCUT2D eigenvalue weighted by atomic mass is 10.1. The van der Waals surface area contributed by atoms with Crippen LogP contribution in [-0.2, 0) is 9.59 Å². The molecule has 5 nitrogen and oxygen atoms in total. The van der Waals surface area contributed by atoms with Gasteiger partial charge in [-0.05, 0) is 45.0 Å². The first-order valence-electron chi connectivity index (χ1n) is 6.22. The number of nitrogens with zero attached hydrogens (tertiary/aromatic N) is 1. The molecule has 1 aromatic rings. The molecule has 110 valence electrons. The Balaban J connectivity index is 2.82. The topological polar surface area (TPSA) is 66.8 Å². The largest absolute Gasteiger partial charge is 0.480 e. The van der Waals surface area contributed by atoms with Gasteiger partial charge in [0.05, 0.1) is 0 Å². The number of rotatable bonds is 6. The second-order valence-corrected chi connectivity index (χ2v) is 4.78. The lowest BCUT2D eigenvalue weighted by Crippen LogP contribution is -2.50. The molecule has 0 aliphatic heterocycles. The highest BCUT2D eigenvalue weighted by Gasteiger charge is 2.34. The van der Waals surface area contributed by atoms with Gasteiger partial charge in [0.25, 0.3) is 5.91 Å². The second-order valence-electron chi connectivity index (χ2n) is 4.78. The highest BCUT2D eigenvalue weighted by atomic mass is 19.1. The number of amides is 1. The van der Waals surface area contributed by atoms with E-state index < -0.39 is 23.3 Å². The van der Waals surface area contributed by atoms with E-state index in [0.717, 1.165) is 0 Å². The van der Waals surface area contributed by atoms with Gasteiger partial charge in [-0.1, -0.05) is 0 Å². The number of carboxylic acid groups (broad SMARTS) is 1. The second kappa shape index (κ2) is 6.36. The van der Waals surface area contributed by atoms with E-state index in [4.69, 9.17) is 9.84 Å². The molecule has 0 aliphatic rings. The molecule has 1 rings (SSSR count). The number of carbonyl (C=O) groups is 2. The Hall–Kier alpha value is -2.11. The van der Waals surface area contributed by atoms with Crippen molar-refractivity contribution in [1.82, 2.24) is 4.90 Å². The average Bonchev–Trinajstić information content (AvgIpc) is 2.37. The summed E-state index contributed by atoms with van der Waals surface area (Å²) in [6.07, 6.45) is 0. The van der Waals surface area contributed by atoms with Crippen molar-refractivity contribution in [2.24, 2.45) is 0 Å². The van der Waals surface area contributed by atoms with E-state index in [9.17, 15) is 14.0 Å². The fourth-order valence-corrected chi connectivity index (χ4v) is 1.71. The first-order valence-corrected chi connectivity index (χ1v) is 6.22. The van der Waals surface area contributed by atoms with Gasteiger partial charge >= 0.3 is 5.97 Å². The number of ether oxygens (including phenoxy) is 1. The normalized spacial score (nSPS) is 11.0. The molecule has 1 amide bonds. The Morgan fingerprint density at radius 1 is 1.30 bits per heavy atom. The zero-order chi connectivity index (χ0) is 15.3. The average molecular weight is 283 g/mol. The molecule has 0 spiro atoms. The Bertz CT molecular complexity index is 484. The summed E-state index contributed by atoms with van der Waals surface area (Å²) < 4.78 is 18.3. The summed E-state index contributed by atoms with van der Waals surface area (Å²) in [5.74, 6) is -1.58. The van der Waals surface area contributed by atoms with E-state index in [1.54, 1.807) is 20.8 Å². The maximum absolute atomic E-state index is 12.8. The summed E-state index contributed by atoms with van der Waals surface area (Å²) in [6.45, 7) is 4.66. The number of carboxylic acids is 1. The zero-order valence-corrected chi connectivity index (χ0v) is 11.7. The molecular formula is C14H18FNO4. The fourth-order valence-electron chi connectivity index (χ4n) is 1.71. The van der Waals surface area contributed by atoms with Crippen LogP contribution in [0, 0.1) is 5.82 Å². The zero-order valence-electron chi connectivity index (χ0n) is 11.7. The maximum Gasteiger partial charge on any atom is 0.323 e. The van der Waals surface area contributed by atoms with Crippen molar-refractivity contribution in [3.8, 4) is 5.75 Å². The standard InChI is InChI=1S/C14H18FNO4/c1-4-16(9-12(17)18)13(19)14(2,3)20-11-7-5-10(15)6-8-11/h5-8H,4,9H2,1-3H3,(H,17,18). The number of likely N-dealkylation sites (N-methyl/N-ethyl adjacent to an activating group) is 1. The van der Waals surface area contributed by atoms with E-state index in [1.165, 1.54) is 29.2 Å². The van der Waals surface area contributed by atoms with Crippen LogP contribution < -0.4 is 4.74 Å². The molecule has 6 heteroatoms. The predicted octanol–water partition coefficient (Wildman–Crippen LogP) is 1.92. The number of halogens is 1. The van der Waals surface area contributed by atoms with Crippen molar-refractivity contribution in [1.29, 1.82) is 0 Å². The van der Waals surface area contributed by atoms with Gasteiger partial charge in [0.2, 0.25) is 0 Å². The molecule has 20 heavy (non-hydrogen) atoms. The van der Waals surface area contributed by atoms with Gasteiger partial charge in [0, 0.05) is 6.54 Å². The number of benzene rings is 1. The first-order chi connectivity index (χ1) is 9.26. The molecule has 0 unspecified atom stereocenters. The van der Waals surface area contributed by atoms with Crippen molar-refractivity contribution >= 4 is 11.9 Å². The molecule has 0 fully saturated rings. The minimum atomic E-state index is -1.23. The van der Waals surface area contributed by atoms with E-state index in [1.807, 2.05) is 0 Å². The number of hydrogen-bond acceptors (Lipinski definition) is 3. The van der Waals surface area contributed by atoms with Gasteiger partial charge in [-0.2, -0.15) is 0 Å². The van der Waals surface area contributed by atoms with Crippen molar-refractivity contribution in [2.45, 2.75) is 26.4 Å². The third-order valence-corrected chi connectivity index (χ3v) is 2.70. The molecule has 0 aliphatic carbocycles. The van der Waals surface area contributed by atoms with Crippen molar-refractivity contribution in [3.63, 3.8) is 0 Å². The highest BCUT2D eigenvalue weighted by Crippen LogP contribution is 2.20. The summed E-state index contributed by atoms with van der Waals surface area (Å²) in [5, 5.41) is 8.77. The summed E-state index contributed by atoms with van der Waals surface area (Å²) in [7, 11) is 0. The van der Waals surface area contributed by atoms with E-state index in [0.29, 0.717) is 5.75 Å². The molecule has 1 N–H and O–H groups in total. The summed E-state index contributed by atoms with van der Waals surface area (Å²) in [5.41, 5.74) is -1.23. The molecule has 0 saturated carbocycles. The molecule has 0 heterocycles. The SMILES string of the molecule is CCN(CC(=O)O)C(=O)C(C)(C)Oc1ccc(F)cc1. The van der Waals surface area contributed by atoms with Crippen molar-refractivity contribution in [2.75, 3.05) is 13.1 Å². The van der Waals surface area contributed by atoms with E-state index >= 15 is 0 Å². The van der Waals surface area contributed by atoms with E-state index in [-0.39, 0.29) is 13.1 Å². The Morgan fingerprint density at radius 3 is 2.30 bits per heavy atom. The molecule has 0 aromatic heterocycles. The van der Waals surface area contributed by atoms with Gasteiger partial charge in [-0.3, -0.25) is 9.59 Å². The number of carbonyl (C=O) groups excluding carboxylic acids is 1. The van der Waals surface area contributed by atoms with Gasteiger partial charge < -0.3 is 14.7 Å². The third-order valence-electron chi connectivity index (χ3n) is 2.70. The molecule has 0 radical (unpaired) electrons. The molecule has 1 aromatic carbocycles. The molecule has 0 bridgehead atoms. The smallest absolute Gasteiger partial charge is 0.323 e. The lowest BCUT2D eigenvalue weighted by Gasteiger charge is -2.30. The van der Waals surface area contributed by atoms with Crippen LogP contribution in [-0.4, -0.2) is 40.6 Å². The van der Waals surface area contributed by atoms with Gasteiger partial charge in [-0.15, -0.1) is 0 Å². The summed E-state index contributed by atoms with van der Waals surface area (Å²) >= 11 is 0. The van der Waals surface area contributed by atoms with Crippen molar-refractivity contribution < 1.29 is 23.8 Å². The Kier molecular flexibility index (Phi) is 5.07. The minimum absolute atomic E-state index is 0.265. The van der Waals surface area contributed by atoms with Crippen LogP contribution in [0.3, 0.4) is 0 Å². The summed E-state index contributed by atoms with van der Waals surface area (Å²) in [6, 6.07) is 5.28. The predicted molar refractivity (Wildman–Crippen MR) is 71.0 cm³/mol. The van der Waals surface area contributed by atoms with Crippen LogP contribution in [0.25, 0.3) is 0 Å². The number of hydrogen-bond donors (Lipinski definition) is 1. The van der Waals surface area contributed by atoms with Crippen LogP contribution in [0.15, 0.2) is 24.3 Å².